The van der Waals surface area contributed by atoms with Crippen LogP contribution >= 0.6 is 0 Å². The maximum atomic E-state index is 10.8. The predicted octanol–water partition coefficient (Wildman–Crippen LogP) is 1.64. The summed E-state index contributed by atoms with van der Waals surface area (Å²) in [4.78, 5) is 21.4. The van der Waals surface area contributed by atoms with E-state index in [-0.39, 0.29) is 11.6 Å². The minimum Gasteiger partial charge on any atom is -0.300 e. The van der Waals surface area contributed by atoms with Gasteiger partial charge in [0.05, 0.1) is 0 Å². The fourth-order valence-electron chi connectivity index (χ4n) is 1.24. The number of hydrogen-bond acceptors (Lipinski definition) is 2. The molecular formula is C9H12O2. The number of hydrogen-bond donors (Lipinski definition) is 0. The Bertz CT molecular complexity index is 214. The highest BCUT2D eigenvalue weighted by atomic mass is 16.1. The molecule has 0 heterocycles. The summed E-state index contributed by atoms with van der Waals surface area (Å²) in [6, 6.07) is 0. The molecular weight excluding hydrogens is 140 g/mol. The second-order valence-electron chi connectivity index (χ2n) is 2.98. The van der Waals surface area contributed by atoms with Crippen LogP contribution in [0.25, 0.3) is 0 Å². The summed E-state index contributed by atoms with van der Waals surface area (Å²) in [5, 5.41) is 0. The maximum Gasteiger partial charge on any atom is 0.136 e. The number of carbonyl (C=O) groups is 2. The van der Waals surface area contributed by atoms with Crippen molar-refractivity contribution in [3.8, 4) is 0 Å². The summed E-state index contributed by atoms with van der Waals surface area (Å²) in [6.45, 7) is 1.58. The van der Waals surface area contributed by atoms with E-state index in [1.165, 1.54) is 0 Å². The van der Waals surface area contributed by atoms with Gasteiger partial charge in [-0.15, -0.1) is 0 Å². The van der Waals surface area contributed by atoms with Crippen LogP contribution in [0.4, 0.5) is 0 Å². The van der Waals surface area contributed by atoms with E-state index >= 15 is 0 Å². The molecule has 0 atom stereocenters. The van der Waals surface area contributed by atoms with Crippen LogP contribution in [-0.4, -0.2) is 11.6 Å². The lowest BCUT2D eigenvalue weighted by Crippen LogP contribution is -2.05. The highest BCUT2D eigenvalue weighted by Crippen LogP contribution is 2.17. The van der Waals surface area contributed by atoms with Crippen molar-refractivity contribution in [3.63, 3.8) is 0 Å². The Morgan fingerprint density at radius 2 is 2.27 bits per heavy atom. The van der Waals surface area contributed by atoms with E-state index in [0.717, 1.165) is 12.0 Å². The minimum atomic E-state index is 0.186. The van der Waals surface area contributed by atoms with Crippen molar-refractivity contribution in [3.05, 3.63) is 11.6 Å². The number of carbonyl (C=O) groups excluding carboxylic acids is 2. The predicted molar refractivity (Wildman–Crippen MR) is 42.2 cm³/mol. The van der Waals surface area contributed by atoms with Gasteiger partial charge in [-0.25, -0.2) is 0 Å². The molecule has 2 nitrogen and oxygen atoms in total. The van der Waals surface area contributed by atoms with Crippen LogP contribution in [0.3, 0.4) is 0 Å². The first-order chi connectivity index (χ1) is 5.18. The number of ketones is 2. The van der Waals surface area contributed by atoms with Gasteiger partial charge in [0.25, 0.3) is 0 Å². The van der Waals surface area contributed by atoms with E-state index in [4.69, 9.17) is 0 Å². The first kappa shape index (κ1) is 8.18. The van der Waals surface area contributed by atoms with E-state index in [2.05, 4.69) is 0 Å². The molecule has 0 fully saturated rings. The molecule has 0 radical (unpaired) electrons. The Kier molecular flexibility index (Phi) is 2.58. The molecule has 0 unspecified atom stereocenters. The van der Waals surface area contributed by atoms with Crippen LogP contribution in [0.1, 0.15) is 32.6 Å². The third-order valence-corrected chi connectivity index (χ3v) is 1.82. The van der Waals surface area contributed by atoms with Gasteiger partial charge in [-0.1, -0.05) is 11.6 Å². The van der Waals surface area contributed by atoms with E-state index in [9.17, 15) is 9.59 Å². The summed E-state index contributed by atoms with van der Waals surface area (Å²) in [7, 11) is 0. The first-order valence-corrected chi connectivity index (χ1v) is 3.87. The molecule has 1 aliphatic carbocycles. The molecule has 1 aliphatic rings. The van der Waals surface area contributed by atoms with Crippen molar-refractivity contribution in [2.75, 3.05) is 0 Å². The largest absolute Gasteiger partial charge is 0.300 e. The molecule has 0 saturated carbocycles. The Morgan fingerprint density at radius 1 is 1.55 bits per heavy atom. The lowest BCUT2D eigenvalue weighted by molar-refractivity contribution is -0.119. The SMILES string of the molecule is CC(=O)CC1=CCC(=O)CC1. The van der Waals surface area contributed by atoms with Crippen molar-refractivity contribution in [2.24, 2.45) is 0 Å². The Hall–Kier alpha value is -0.920. The van der Waals surface area contributed by atoms with Crippen molar-refractivity contribution in [1.82, 2.24) is 0 Å². The quantitative estimate of drug-likeness (QED) is 0.564. The molecule has 0 aromatic carbocycles. The van der Waals surface area contributed by atoms with Crippen molar-refractivity contribution in [2.45, 2.75) is 32.6 Å². The number of rotatable bonds is 2. The average Bonchev–Trinajstić information content (AvgIpc) is 1.93. The highest BCUT2D eigenvalue weighted by Gasteiger charge is 2.10. The van der Waals surface area contributed by atoms with Crippen LogP contribution in [0.15, 0.2) is 11.6 Å². The van der Waals surface area contributed by atoms with Gasteiger partial charge < -0.3 is 0 Å². The molecule has 1 rings (SSSR count). The van der Waals surface area contributed by atoms with Gasteiger partial charge in [-0.05, 0) is 13.3 Å². The smallest absolute Gasteiger partial charge is 0.136 e. The molecule has 0 aromatic heterocycles. The molecule has 60 valence electrons. The second kappa shape index (κ2) is 3.46. The molecule has 0 amide bonds. The van der Waals surface area contributed by atoms with Crippen molar-refractivity contribution >= 4 is 11.6 Å². The molecule has 0 aromatic rings. The molecule has 0 spiro atoms. The van der Waals surface area contributed by atoms with Crippen LogP contribution in [0, 0.1) is 0 Å². The Labute approximate surface area is 66.3 Å². The zero-order valence-electron chi connectivity index (χ0n) is 6.72. The van der Waals surface area contributed by atoms with Crippen LogP contribution < -0.4 is 0 Å². The Balaban J connectivity index is 2.48. The van der Waals surface area contributed by atoms with E-state index in [0.29, 0.717) is 19.3 Å². The van der Waals surface area contributed by atoms with Crippen LogP contribution in [0.2, 0.25) is 0 Å². The van der Waals surface area contributed by atoms with E-state index in [1.54, 1.807) is 6.92 Å². The molecule has 11 heavy (non-hydrogen) atoms. The Morgan fingerprint density at radius 3 is 2.73 bits per heavy atom. The number of Topliss-reactive ketones (excluding diaryl/α,β-unsaturated/α-hetero) is 2. The molecule has 0 aliphatic heterocycles. The first-order valence-electron chi connectivity index (χ1n) is 3.87. The third-order valence-electron chi connectivity index (χ3n) is 1.82. The summed E-state index contributed by atoms with van der Waals surface area (Å²) in [6.07, 6.45) is 4.38. The fourth-order valence-corrected chi connectivity index (χ4v) is 1.24. The topological polar surface area (TPSA) is 34.1 Å². The lowest BCUT2D eigenvalue weighted by atomic mass is 9.95. The number of allylic oxidation sites excluding steroid dienone is 2. The normalized spacial score (nSPS) is 17.9. The van der Waals surface area contributed by atoms with E-state index in [1.807, 2.05) is 6.08 Å². The fraction of sp³-hybridized carbons (Fsp3) is 0.556. The monoisotopic (exact) mass is 152 g/mol. The van der Waals surface area contributed by atoms with Gasteiger partial charge >= 0.3 is 0 Å². The maximum absolute atomic E-state index is 10.8. The van der Waals surface area contributed by atoms with Gasteiger partial charge in [0.15, 0.2) is 0 Å². The molecule has 2 heteroatoms. The zero-order valence-corrected chi connectivity index (χ0v) is 6.72. The van der Waals surface area contributed by atoms with Crippen molar-refractivity contribution in [1.29, 1.82) is 0 Å². The molecule has 0 saturated heterocycles. The van der Waals surface area contributed by atoms with Crippen molar-refractivity contribution < 1.29 is 9.59 Å². The lowest BCUT2D eigenvalue weighted by Gasteiger charge is -2.09. The standard InChI is InChI=1S/C9H12O2/c1-7(10)6-8-2-4-9(11)5-3-8/h2H,3-6H2,1H3. The van der Waals surface area contributed by atoms with Gasteiger partial charge in [0, 0.05) is 19.3 Å². The van der Waals surface area contributed by atoms with E-state index < -0.39 is 0 Å². The van der Waals surface area contributed by atoms with Crippen LogP contribution in [-0.2, 0) is 9.59 Å². The highest BCUT2D eigenvalue weighted by molar-refractivity contribution is 5.83. The van der Waals surface area contributed by atoms with Gasteiger partial charge in [-0.3, -0.25) is 9.59 Å². The second-order valence-corrected chi connectivity index (χ2v) is 2.98. The van der Waals surface area contributed by atoms with Crippen LogP contribution in [0.5, 0.6) is 0 Å². The van der Waals surface area contributed by atoms with Gasteiger partial charge in [0.2, 0.25) is 0 Å². The molecule has 0 bridgehead atoms. The molecule has 0 N–H and O–H groups in total. The summed E-state index contributed by atoms with van der Waals surface area (Å²) < 4.78 is 0. The minimum absolute atomic E-state index is 0.186. The third kappa shape index (κ3) is 2.66. The summed E-state index contributed by atoms with van der Waals surface area (Å²) in [5.41, 5.74) is 1.14. The van der Waals surface area contributed by atoms with Gasteiger partial charge in [-0.2, -0.15) is 0 Å². The summed E-state index contributed by atoms with van der Waals surface area (Å²) >= 11 is 0. The van der Waals surface area contributed by atoms with Gasteiger partial charge in [0.1, 0.15) is 11.6 Å². The summed E-state index contributed by atoms with van der Waals surface area (Å²) in [5.74, 6) is 0.475. The average molecular weight is 152 g/mol. The zero-order chi connectivity index (χ0) is 8.27.